The van der Waals surface area contributed by atoms with E-state index in [9.17, 15) is 4.79 Å². The third kappa shape index (κ3) is 7.26. The molecule has 5 heteroatoms. The Morgan fingerprint density at radius 3 is 1.72 bits per heavy atom. The van der Waals surface area contributed by atoms with Crippen LogP contribution in [0, 0.1) is 0 Å². The molecule has 208 valence electrons. The molecule has 1 saturated heterocycles. The molecule has 1 amide bonds. The molecule has 1 heterocycles. The van der Waals surface area contributed by atoms with Crippen LogP contribution in [0.1, 0.15) is 64.2 Å². The normalized spacial score (nSPS) is 18.6. The topological polar surface area (TPSA) is 32.8 Å². The van der Waals surface area contributed by atoms with Gasteiger partial charge in [-0.15, -0.1) is 11.8 Å². The lowest BCUT2D eigenvalue weighted by Crippen LogP contribution is -2.58. The monoisotopic (exact) mass is 544 g/mol. The smallest absolute Gasteiger partial charge is 0.410 e. The highest BCUT2D eigenvalue weighted by Gasteiger charge is 2.37. The van der Waals surface area contributed by atoms with E-state index in [-0.39, 0.29) is 16.9 Å². The standard InChI is InChI=1S/C34H44N2O2S/c1-27-26-36(32(37)38-33(3,4)5)28(2)25-35(27)23-15-16-24-39-34(29-17-9-6-10-18-29,30-19-11-7-12-20-30)31-21-13-8-14-22-31/h6-14,17-22,27-28H,15-16,23-26H2,1-5H3. The number of amides is 1. The number of ether oxygens (including phenoxy) is 1. The molecule has 39 heavy (non-hydrogen) atoms. The van der Waals surface area contributed by atoms with Crippen molar-refractivity contribution in [3.8, 4) is 0 Å². The zero-order valence-electron chi connectivity index (χ0n) is 24.2. The van der Waals surface area contributed by atoms with Gasteiger partial charge in [0.25, 0.3) is 0 Å². The first-order chi connectivity index (χ1) is 18.7. The Labute approximate surface area is 239 Å². The first-order valence-electron chi connectivity index (χ1n) is 14.2. The molecule has 3 aromatic rings. The number of thioether (sulfide) groups is 1. The molecule has 2 atom stereocenters. The van der Waals surface area contributed by atoms with Crippen LogP contribution in [-0.2, 0) is 9.48 Å². The van der Waals surface area contributed by atoms with E-state index in [1.165, 1.54) is 16.7 Å². The zero-order chi connectivity index (χ0) is 27.9. The van der Waals surface area contributed by atoms with Gasteiger partial charge >= 0.3 is 6.09 Å². The lowest BCUT2D eigenvalue weighted by molar-refractivity contribution is -0.0102. The number of nitrogens with zero attached hydrogens (tertiary/aromatic N) is 2. The van der Waals surface area contributed by atoms with E-state index in [0.717, 1.165) is 31.7 Å². The van der Waals surface area contributed by atoms with Crippen molar-refractivity contribution in [2.75, 3.05) is 25.4 Å². The van der Waals surface area contributed by atoms with Crippen LogP contribution in [0.4, 0.5) is 4.79 Å². The summed E-state index contributed by atoms with van der Waals surface area (Å²) >= 11 is 2.04. The number of benzene rings is 3. The van der Waals surface area contributed by atoms with Crippen LogP contribution in [-0.4, -0.2) is 59.0 Å². The van der Waals surface area contributed by atoms with Gasteiger partial charge in [0.15, 0.2) is 0 Å². The summed E-state index contributed by atoms with van der Waals surface area (Å²) in [7, 11) is 0. The van der Waals surface area contributed by atoms with E-state index < -0.39 is 5.60 Å². The molecule has 1 aliphatic rings. The number of hydrogen-bond acceptors (Lipinski definition) is 4. The number of rotatable bonds is 9. The lowest BCUT2D eigenvalue weighted by atomic mass is 9.84. The summed E-state index contributed by atoms with van der Waals surface area (Å²) in [4.78, 5) is 17.1. The molecule has 0 spiro atoms. The second-order valence-electron chi connectivity index (χ2n) is 11.7. The number of unbranched alkanes of at least 4 members (excludes halogenated alkanes) is 1. The van der Waals surface area contributed by atoms with Gasteiger partial charge in [0.1, 0.15) is 5.60 Å². The minimum absolute atomic E-state index is 0.146. The fourth-order valence-corrected chi connectivity index (χ4v) is 7.06. The van der Waals surface area contributed by atoms with Gasteiger partial charge in [-0.2, -0.15) is 0 Å². The van der Waals surface area contributed by atoms with Gasteiger partial charge in [-0.1, -0.05) is 91.0 Å². The molecule has 3 aromatic carbocycles. The van der Waals surface area contributed by atoms with E-state index in [0.29, 0.717) is 12.6 Å². The maximum Gasteiger partial charge on any atom is 0.410 e. The van der Waals surface area contributed by atoms with Crippen molar-refractivity contribution in [1.82, 2.24) is 9.80 Å². The second kappa shape index (κ2) is 13.1. The van der Waals surface area contributed by atoms with Crippen LogP contribution in [0.25, 0.3) is 0 Å². The first-order valence-corrected chi connectivity index (χ1v) is 15.2. The Morgan fingerprint density at radius 2 is 1.26 bits per heavy atom. The van der Waals surface area contributed by atoms with E-state index in [2.05, 4.69) is 110 Å². The van der Waals surface area contributed by atoms with Crippen molar-refractivity contribution in [3.05, 3.63) is 108 Å². The number of carbonyl (C=O) groups is 1. The Hall–Kier alpha value is -2.76. The molecule has 4 nitrogen and oxygen atoms in total. The van der Waals surface area contributed by atoms with Gasteiger partial charge in [0, 0.05) is 25.2 Å². The highest BCUT2D eigenvalue weighted by atomic mass is 32.2. The van der Waals surface area contributed by atoms with Crippen molar-refractivity contribution < 1.29 is 9.53 Å². The molecule has 0 radical (unpaired) electrons. The van der Waals surface area contributed by atoms with E-state index in [1.54, 1.807) is 0 Å². The van der Waals surface area contributed by atoms with Crippen LogP contribution in [0.15, 0.2) is 91.0 Å². The second-order valence-corrected chi connectivity index (χ2v) is 13.0. The first kappa shape index (κ1) is 29.2. The molecule has 1 fully saturated rings. The minimum Gasteiger partial charge on any atom is -0.444 e. The Kier molecular flexibility index (Phi) is 9.79. The number of hydrogen-bond donors (Lipinski definition) is 0. The summed E-state index contributed by atoms with van der Waals surface area (Å²) in [6.07, 6.45) is 2.06. The summed E-state index contributed by atoms with van der Waals surface area (Å²) in [6.45, 7) is 12.8. The predicted octanol–water partition coefficient (Wildman–Crippen LogP) is 7.82. The average molecular weight is 545 g/mol. The molecule has 0 saturated carbocycles. The molecule has 0 N–H and O–H groups in total. The molecule has 2 unspecified atom stereocenters. The quantitative estimate of drug-likeness (QED) is 0.203. The third-order valence-electron chi connectivity index (χ3n) is 7.44. The molecular formula is C34H44N2O2S. The van der Waals surface area contributed by atoms with Gasteiger partial charge in [-0.25, -0.2) is 4.79 Å². The van der Waals surface area contributed by atoms with Crippen LogP contribution >= 0.6 is 11.8 Å². The predicted molar refractivity (Wildman–Crippen MR) is 164 cm³/mol. The van der Waals surface area contributed by atoms with Crippen molar-refractivity contribution in [2.24, 2.45) is 0 Å². The van der Waals surface area contributed by atoms with Crippen LogP contribution < -0.4 is 0 Å². The van der Waals surface area contributed by atoms with Crippen molar-refractivity contribution in [2.45, 2.75) is 69.9 Å². The largest absolute Gasteiger partial charge is 0.444 e. The van der Waals surface area contributed by atoms with E-state index in [4.69, 9.17) is 4.74 Å². The summed E-state index contributed by atoms with van der Waals surface area (Å²) in [5, 5.41) is 0. The van der Waals surface area contributed by atoms with Gasteiger partial charge in [0.05, 0.1) is 4.75 Å². The van der Waals surface area contributed by atoms with Crippen LogP contribution in [0.5, 0.6) is 0 Å². The third-order valence-corrected chi connectivity index (χ3v) is 9.08. The summed E-state index contributed by atoms with van der Waals surface area (Å²) in [5.41, 5.74) is 3.47. The summed E-state index contributed by atoms with van der Waals surface area (Å²) in [5.74, 6) is 1.06. The molecule has 0 aromatic heterocycles. The highest BCUT2D eigenvalue weighted by molar-refractivity contribution is 8.00. The summed E-state index contributed by atoms with van der Waals surface area (Å²) < 4.78 is 5.39. The van der Waals surface area contributed by atoms with E-state index in [1.807, 2.05) is 37.4 Å². The van der Waals surface area contributed by atoms with Gasteiger partial charge in [-0.05, 0) is 76.4 Å². The zero-order valence-corrected chi connectivity index (χ0v) is 25.0. The molecule has 1 aliphatic heterocycles. The Balaban J connectivity index is 1.41. The maximum atomic E-state index is 12.7. The Bertz CT molecular complexity index is 1070. The fraction of sp³-hybridized carbons (Fsp3) is 0.441. The molecular weight excluding hydrogens is 500 g/mol. The lowest BCUT2D eigenvalue weighted by Gasteiger charge is -2.44. The highest BCUT2D eigenvalue weighted by Crippen LogP contribution is 2.48. The molecule has 4 rings (SSSR count). The van der Waals surface area contributed by atoms with Gasteiger partial charge in [0.2, 0.25) is 0 Å². The SMILES string of the molecule is CC1CN(C(=O)OC(C)(C)C)C(C)CN1CCCCSC(c1ccccc1)(c1ccccc1)c1ccccc1. The van der Waals surface area contributed by atoms with Crippen LogP contribution in [0.3, 0.4) is 0 Å². The van der Waals surface area contributed by atoms with Crippen molar-refractivity contribution in [1.29, 1.82) is 0 Å². The minimum atomic E-state index is -0.469. The summed E-state index contributed by atoms with van der Waals surface area (Å²) in [6, 6.07) is 33.2. The fourth-order valence-electron chi connectivity index (χ4n) is 5.50. The number of piperazine rings is 1. The van der Waals surface area contributed by atoms with Gasteiger partial charge < -0.3 is 9.64 Å². The average Bonchev–Trinajstić information content (AvgIpc) is 2.93. The number of carbonyl (C=O) groups excluding carboxylic acids is 1. The maximum absolute atomic E-state index is 12.7. The van der Waals surface area contributed by atoms with Gasteiger partial charge in [-0.3, -0.25) is 4.90 Å². The van der Waals surface area contributed by atoms with Crippen LogP contribution in [0.2, 0.25) is 0 Å². The van der Waals surface area contributed by atoms with E-state index >= 15 is 0 Å². The van der Waals surface area contributed by atoms with Crippen molar-refractivity contribution >= 4 is 17.9 Å². The molecule has 0 aliphatic carbocycles. The Morgan fingerprint density at radius 1 is 0.769 bits per heavy atom. The van der Waals surface area contributed by atoms with Crippen molar-refractivity contribution in [3.63, 3.8) is 0 Å². The molecule has 0 bridgehead atoms.